The molecule has 0 spiro atoms. The quantitative estimate of drug-likeness (QED) is 0.868. The van der Waals surface area contributed by atoms with Crippen LogP contribution in [0.5, 0.6) is 11.6 Å². The van der Waals surface area contributed by atoms with Crippen molar-refractivity contribution < 1.29 is 22.6 Å². The number of halogens is 3. The van der Waals surface area contributed by atoms with Crippen LogP contribution in [0.2, 0.25) is 0 Å². The summed E-state index contributed by atoms with van der Waals surface area (Å²) >= 11 is 0. The molecule has 0 aliphatic heterocycles. The van der Waals surface area contributed by atoms with Crippen LogP contribution in [0.4, 0.5) is 13.2 Å². The molecule has 2 N–H and O–H groups in total. The van der Waals surface area contributed by atoms with Crippen LogP contribution in [-0.4, -0.2) is 18.5 Å². The van der Waals surface area contributed by atoms with E-state index < -0.39 is 12.2 Å². The minimum absolute atomic E-state index is 0.0884. The van der Waals surface area contributed by atoms with Crippen molar-refractivity contribution in [1.82, 2.24) is 4.98 Å². The molecule has 1 heterocycles. The van der Waals surface area contributed by atoms with E-state index in [2.05, 4.69) is 9.72 Å². The molecule has 0 amide bonds. The SMILES string of the molecule is COc1cc(C)nc(OC(F)(F)F)c1CN. The maximum absolute atomic E-state index is 12.1. The van der Waals surface area contributed by atoms with Gasteiger partial charge in [0.15, 0.2) is 0 Å². The average molecular weight is 236 g/mol. The van der Waals surface area contributed by atoms with Gasteiger partial charge in [0.1, 0.15) is 5.75 Å². The Balaban J connectivity index is 3.20. The molecule has 16 heavy (non-hydrogen) atoms. The molecule has 0 fully saturated rings. The molecule has 7 heteroatoms. The molecule has 0 aromatic carbocycles. The van der Waals surface area contributed by atoms with Gasteiger partial charge in [0, 0.05) is 18.3 Å². The number of pyridine rings is 1. The fourth-order valence-electron chi connectivity index (χ4n) is 1.21. The number of nitrogens with two attached hydrogens (primary N) is 1. The number of ether oxygens (including phenoxy) is 2. The van der Waals surface area contributed by atoms with Crippen molar-refractivity contribution in [2.75, 3.05) is 7.11 Å². The number of aryl methyl sites for hydroxylation is 1. The van der Waals surface area contributed by atoms with Gasteiger partial charge in [-0.3, -0.25) is 0 Å². The second kappa shape index (κ2) is 4.56. The predicted octanol–water partition coefficient (Wildman–Crippen LogP) is 1.76. The largest absolute Gasteiger partial charge is 0.574 e. The highest BCUT2D eigenvalue weighted by atomic mass is 19.4. The summed E-state index contributed by atoms with van der Waals surface area (Å²) < 4.78 is 44.9. The molecule has 0 atom stereocenters. The Labute approximate surface area is 90.2 Å². The van der Waals surface area contributed by atoms with Crippen LogP contribution in [0.25, 0.3) is 0 Å². The van der Waals surface area contributed by atoms with Crippen LogP contribution in [0.3, 0.4) is 0 Å². The number of nitrogens with zero attached hydrogens (tertiary/aromatic N) is 1. The van der Waals surface area contributed by atoms with Crippen LogP contribution in [0.15, 0.2) is 6.07 Å². The third kappa shape index (κ3) is 2.99. The van der Waals surface area contributed by atoms with E-state index in [1.54, 1.807) is 0 Å². The molecule has 0 saturated carbocycles. The summed E-state index contributed by atoms with van der Waals surface area (Å²) in [6.45, 7) is 1.38. The summed E-state index contributed by atoms with van der Waals surface area (Å²) in [4.78, 5) is 3.64. The summed E-state index contributed by atoms with van der Waals surface area (Å²) in [6, 6.07) is 1.49. The molecular weight excluding hydrogens is 225 g/mol. The second-order valence-electron chi connectivity index (χ2n) is 3.00. The summed E-state index contributed by atoms with van der Waals surface area (Å²) in [5, 5.41) is 0. The van der Waals surface area contributed by atoms with E-state index >= 15 is 0 Å². The van der Waals surface area contributed by atoms with Crippen molar-refractivity contribution in [2.24, 2.45) is 5.73 Å². The van der Waals surface area contributed by atoms with E-state index in [0.29, 0.717) is 5.69 Å². The standard InChI is InChI=1S/C9H11F3N2O2/c1-5-3-7(15-2)6(4-13)8(14-5)16-9(10,11)12/h3H,4,13H2,1-2H3. The molecule has 90 valence electrons. The van der Waals surface area contributed by atoms with Crippen LogP contribution in [-0.2, 0) is 6.54 Å². The smallest absolute Gasteiger partial charge is 0.496 e. The van der Waals surface area contributed by atoms with Crippen molar-refractivity contribution >= 4 is 0 Å². The molecule has 0 aliphatic carbocycles. The summed E-state index contributed by atoms with van der Waals surface area (Å²) in [6.07, 6.45) is -4.80. The Morgan fingerprint density at radius 2 is 2.06 bits per heavy atom. The minimum Gasteiger partial charge on any atom is -0.496 e. The molecule has 0 bridgehead atoms. The Bertz CT molecular complexity index is 380. The third-order valence-corrected chi connectivity index (χ3v) is 1.81. The molecule has 1 rings (SSSR count). The van der Waals surface area contributed by atoms with Gasteiger partial charge in [-0.1, -0.05) is 0 Å². The summed E-state index contributed by atoms with van der Waals surface area (Å²) in [5.74, 6) is -0.332. The zero-order valence-corrected chi connectivity index (χ0v) is 8.76. The lowest BCUT2D eigenvalue weighted by Crippen LogP contribution is -2.20. The van der Waals surface area contributed by atoms with Crippen LogP contribution in [0.1, 0.15) is 11.3 Å². The van der Waals surface area contributed by atoms with Gasteiger partial charge in [-0.2, -0.15) is 0 Å². The Morgan fingerprint density at radius 1 is 1.44 bits per heavy atom. The van der Waals surface area contributed by atoms with Gasteiger partial charge in [0.2, 0.25) is 5.88 Å². The number of hydrogen-bond donors (Lipinski definition) is 1. The van der Waals surface area contributed by atoms with Crippen molar-refractivity contribution in [2.45, 2.75) is 19.8 Å². The van der Waals surface area contributed by atoms with Gasteiger partial charge < -0.3 is 15.2 Å². The first-order valence-corrected chi connectivity index (χ1v) is 4.37. The van der Waals surface area contributed by atoms with Crippen LogP contribution < -0.4 is 15.2 Å². The molecule has 0 aliphatic rings. The topological polar surface area (TPSA) is 57.4 Å². The van der Waals surface area contributed by atoms with E-state index in [4.69, 9.17) is 10.5 Å². The number of rotatable bonds is 3. The molecule has 1 aromatic rings. The molecule has 4 nitrogen and oxygen atoms in total. The maximum Gasteiger partial charge on any atom is 0.574 e. The molecule has 0 unspecified atom stereocenters. The van der Waals surface area contributed by atoms with Gasteiger partial charge in [-0.05, 0) is 6.92 Å². The minimum atomic E-state index is -4.80. The van der Waals surface area contributed by atoms with E-state index in [1.807, 2.05) is 0 Å². The van der Waals surface area contributed by atoms with Crippen molar-refractivity contribution in [1.29, 1.82) is 0 Å². The highest BCUT2D eigenvalue weighted by molar-refractivity contribution is 5.41. The monoisotopic (exact) mass is 236 g/mol. The van der Waals surface area contributed by atoms with E-state index in [1.165, 1.54) is 20.1 Å². The van der Waals surface area contributed by atoms with Gasteiger partial charge in [0.05, 0.1) is 12.7 Å². The molecular formula is C9H11F3N2O2. The number of hydrogen-bond acceptors (Lipinski definition) is 4. The average Bonchev–Trinajstić information content (AvgIpc) is 2.14. The lowest BCUT2D eigenvalue weighted by molar-refractivity contribution is -0.276. The Hall–Kier alpha value is -1.50. The fraction of sp³-hybridized carbons (Fsp3) is 0.444. The lowest BCUT2D eigenvalue weighted by atomic mass is 10.2. The maximum atomic E-state index is 12.1. The van der Waals surface area contributed by atoms with Gasteiger partial charge in [-0.25, -0.2) is 4.98 Å². The van der Waals surface area contributed by atoms with E-state index in [-0.39, 0.29) is 17.9 Å². The van der Waals surface area contributed by atoms with E-state index in [9.17, 15) is 13.2 Å². The zero-order valence-electron chi connectivity index (χ0n) is 8.76. The van der Waals surface area contributed by atoms with Gasteiger partial charge >= 0.3 is 6.36 Å². The Kier molecular flexibility index (Phi) is 3.58. The predicted molar refractivity (Wildman–Crippen MR) is 50.1 cm³/mol. The summed E-state index contributed by atoms with van der Waals surface area (Å²) in [5.41, 5.74) is 5.77. The van der Waals surface area contributed by atoms with Gasteiger partial charge in [-0.15, -0.1) is 13.2 Å². The van der Waals surface area contributed by atoms with Crippen molar-refractivity contribution in [3.05, 3.63) is 17.3 Å². The fourth-order valence-corrected chi connectivity index (χ4v) is 1.21. The van der Waals surface area contributed by atoms with Gasteiger partial charge in [0.25, 0.3) is 0 Å². The first-order chi connectivity index (χ1) is 7.37. The van der Waals surface area contributed by atoms with E-state index in [0.717, 1.165) is 0 Å². The first kappa shape index (κ1) is 12.6. The van der Waals surface area contributed by atoms with Crippen LogP contribution >= 0.6 is 0 Å². The first-order valence-electron chi connectivity index (χ1n) is 4.37. The molecule has 1 aromatic heterocycles. The second-order valence-corrected chi connectivity index (χ2v) is 3.00. The van der Waals surface area contributed by atoms with Crippen molar-refractivity contribution in [3.8, 4) is 11.6 Å². The highest BCUT2D eigenvalue weighted by Gasteiger charge is 2.33. The zero-order chi connectivity index (χ0) is 12.3. The molecule has 0 radical (unpaired) electrons. The normalized spacial score (nSPS) is 11.4. The van der Waals surface area contributed by atoms with Crippen LogP contribution in [0, 0.1) is 6.92 Å². The number of aromatic nitrogens is 1. The summed E-state index contributed by atoms with van der Waals surface area (Å²) in [7, 11) is 1.34. The molecule has 0 saturated heterocycles. The third-order valence-electron chi connectivity index (χ3n) is 1.81. The number of alkyl halides is 3. The number of methoxy groups -OCH3 is 1. The Morgan fingerprint density at radius 3 is 2.50 bits per heavy atom. The highest BCUT2D eigenvalue weighted by Crippen LogP contribution is 2.31. The van der Waals surface area contributed by atoms with Crippen molar-refractivity contribution in [3.63, 3.8) is 0 Å². The lowest BCUT2D eigenvalue weighted by Gasteiger charge is -2.14.